The second-order valence-corrected chi connectivity index (χ2v) is 4.21. The second kappa shape index (κ2) is 4.87. The fourth-order valence-corrected chi connectivity index (χ4v) is 1.91. The van der Waals surface area contributed by atoms with Crippen LogP contribution in [0.3, 0.4) is 0 Å². The fourth-order valence-electron chi connectivity index (χ4n) is 1.91. The van der Waals surface area contributed by atoms with Gasteiger partial charge in [-0.15, -0.1) is 0 Å². The van der Waals surface area contributed by atoms with Crippen LogP contribution < -0.4 is 11.5 Å². The molecule has 0 fully saturated rings. The zero-order chi connectivity index (χ0) is 13.1. The summed E-state index contributed by atoms with van der Waals surface area (Å²) < 4.78 is 0. The number of anilines is 1. The Hall–Kier alpha value is -2.36. The first-order valence-electron chi connectivity index (χ1n) is 5.75. The minimum Gasteiger partial charge on any atom is -0.398 e. The lowest BCUT2D eigenvalue weighted by Gasteiger charge is -2.14. The van der Waals surface area contributed by atoms with Gasteiger partial charge < -0.3 is 11.5 Å². The van der Waals surface area contributed by atoms with Crippen LogP contribution in [0.2, 0.25) is 0 Å². The van der Waals surface area contributed by atoms with Gasteiger partial charge in [0.15, 0.2) is 0 Å². The number of amidine groups is 1. The molecule has 2 rings (SSSR count). The van der Waals surface area contributed by atoms with Gasteiger partial charge in [0.05, 0.1) is 0 Å². The third-order valence-electron chi connectivity index (χ3n) is 2.95. The summed E-state index contributed by atoms with van der Waals surface area (Å²) in [5, 5.41) is 7.41. The predicted molar refractivity (Wildman–Crippen MR) is 73.6 cm³/mol. The summed E-state index contributed by atoms with van der Waals surface area (Å²) >= 11 is 0. The number of aromatic nitrogens is 1. The van der Waals surface area contributed by atoms with E-state index >= 15 is 0 Å². The predicted octanol–water partition coefficient (Wildman–Crippen LogP) is 2.10. The minimum absolute atomic E-state index is 0.0231. The molecule has 1 heterocycles. The van der Waals surface area contributed by atoms with Crippen LogP contribution in [0.4, 0.5) is 5.69 Å². The number of hydrogen-bond donors (Lipinski definition) is 3. The Morgan fingerprint density at radius 1 is 1.17 bits per heavy atom. The molecule has 0 saturated carbocycles. The molecule has 0 aliphatic heterocycles. The maximum absolute atomic E-state index is 7.41. The van der Waals surface area contributed by atoms with Gasteiger partial charge in [0.25, 0.3) is 0 Å². The number of nitrogens with zero attached hydrogens (tertiary/aromatic N) is 1. The van der Waals surface area contributed by atoms with Crippen LogP contribution in [0.5, 0.6) is 0 Å². The summed E-state index contributed by atoms with van der Waals surface area (Å²) in [7, 11) is 0. The normalized spacial score (nSPS) is 12.1. The molecule has 0 saturated heterocycles. The molecular weight excluding hydrogens is 224 g/mol. The number of benzene rings is 1. The van der Waals surface area contributed by atoms with Crippen molar-refractivity contribution in [1.29, 1.82) is 5.41 Å². The van der Waals surface area contributed by atoms with Crippen molar-refractivity contribution in [2.75, 3.05) is 5.73 Å². The van der Waals surface area contributed by atoms with E-state index in [1.54, 1.807) is 6.07 Å². The highest BCUT2D eigenvalue weighted by Gasteiger charge is 2.13. The molecule has 1 aromatic heterocycles. The van der Waals surface area contributed by atoms with Gasteiger partial charge in [-0.1, -0.05) is 31.2 Å². The molecule has 0 spiro atoms. The fraction of sp³-hybridized carbons (Fsp3) is 0.143. The topological polar surface area (TPSA) is 88.8 Å². The third-order valence-corrected chi connectivity index (χ3v) is 2.95. The van der Waals surface area contributed by atoms with Gasteiger partial charge >= 0.3 is 0 Å². The van der Waals surface area contributed by atoms with E-state index in [0.717, 1.165) is 16.9 Å². The molecule has 0 amide bonds. The molecule has 5 N–H and O–H groups in total. The van der Waals surface area contributed by atoms with Gasteiger partial charge in [-0.05, 0) is 23.8 Å². The van der Waals surface area contributed by atoms with Gasteiger partial charge in [-0.25, -0.2) is 4.98 Å². The van der Waals surface area contributed by atoms with Gasteiger partial charge in [0, 0.05) is 17.3 Å². The number of rotatable bonds is 3. The van der Waals surface area contributed by atoms with E-state index in [4.69, 9.17) is 16.9 Å². The smallest absolute Gasteiger partial charge is 0.141 e. The molecule has 0 radical (unpaired) electrons. The van der Waals surface area contributed by atoms with Crippen molar-refractivity contribution in [2.45, 2.75) is 12.8 Å². The summed E-state index contributed by atoms with van der Waals surface area (Å²) in [4.78, 5) is 4.38. The SMILES string of the molecule is CC(c1cccc(C(=N)N)n1)c1ccccc1N. The Morgan fingerprint density at radius 2 is 1.89 bits per heavy atom. The third kappa shape index (κ3) is 2.32. The number of pyridine rings is 1. The summed E-state index contributed by atoms with van der Waals surface area (Å²) in [5.74, 6) is 0.0515. The molecule has 0 bridgehead atoms. The van der Waals surface area contributed by atoms with Gasteiger partial charge in [0.2, 0.25) is 0 Å². The standard InChI is InChI=1S/C14H16N4/c1-9(10-5-2-3-6-11(10)15)12-7-4-8-13(18-12)14(16)17/h2-9H,15H2,1H3,(H3,16,17). The highest BCUT2D eigenvalue weighted by Crippen LogP contribution is 2.26. The number of para-hydroxylation sites is 1. The van der Waals surface area contributed by atoms with Crippen LogP contribution in [0.1, 0.15) is 29.8 Å². The first-order chi connectivity index (χ1) is 8.59. The Bertz CT molecular complexity index is 578. The van der Waals surface area contributed by atoms with Gasteiger partial charge in [-0.2, -0.15) is 0 Å². The second-order valence-electron chi connectivity index (χ2n) is 4.21. The quantitative estimate of drug-likeness (QED) is 0.436. The van der Waals surface area contributed by atoms with E-state index in [1.165, 1.54) is 0 Å². The summed E-state index contributed by atoms with van der Waals surface area (Å²) in [6.45, 7) is 2.04. The highest BCUT2D eigenvalue weighted by atomic mass is 14.8. The Morgan fingerprint density at radius 3 is 2.56 bits per heavy atom. The first-order valence-corrected chi connectivity index (χ1v) is 5.75. The van der Waals surface area contributed by atoms with Crippen LogP contribution in [0, 0.1) is 5.41 Å². The summed E-state index contributed by atoms with van der Waals surface area (Å²) in [6, 6.07) is 13.2. The largest absolute Gasteiger partial charge is 0.398 e. The lowest BCUT2D eigenvalue weighted by Crippen LogP contribution is -2.14. The van der Waals surface area contributed by atoms with E-state index in [1.807, 2.05) is 43.3 Å². The lowest BCUT2D eigenvalue weighted by atomic mass is 9.95. The molecule has 1 aromatic carbocycles. The van der Waals surface area contributed by atoms with E-state index in [2.05, 4.69) is 4.98 Å². The molecule has 18 heavy (non-hydrogen) atoms. The van der Waals surface area contributed by atoms with Crippen LogP contribution >= 0.6 is 0 Å². The van der Waals surface area contributed by atoms with Crippen molar-refractivity contribution >= 4 is 11.5 Å². The Labute approximate surface area is 106 Å². The molecular formula is C14H16N4. The zero-order valence-corrected chi connectivity index (χ0v) is 10.2. The summed E-state index contributed by atoms with van der Waals surface area (Å²) in [5.41, 5.74) is 14.5. The number of nitrogens with two attached hydrogens (primary N) is 2. The van der Waals surface area contributed by atoms with Crippen LogP contribution in [0.15, 0.2) is 42.5 Å². The lowest BCUT2D eigenvalue weighted by molar-refractivity contribution is 0.871. The Kier molecular flexibility index (Phi) is 3.28. The molecule has 4 nitrogen and oxygen atoms in total. The van der Waals surface area contributed by atoms with Crippen molar-refractivity contribution in [2.24, 2.45) is 5.73 Å². The van der Waals surface area contributed by atoms with Crippen molar-refractivity contribution in [3.8, 4) is 0 Å². The minimum atomic E-state index is -0.0231. The molecule has 4 heteroatoms. The maximum Gasteiger partial charge on any atom is 0.141 e. The molecule has 2 aromatic rings. The molecule has 0 aliphatic carbocycles. The van der Waals surface area contributed by atoms with E-state index < -0.39 is 0 Å². The molecule has 1 atom stereocenters. The number of nitrogen functional groups attached to an aromatic ring is 2. The average molecular weight is 240 g/mol. The van der Waals surface area contributed by atoms with Gasteiger partial charge in [0.1, 0.15) is 11.5 Å². The number of nitrogens with one attached hydrogen (secondary N) is 1. The number of hydrogen-bond acceptors (Lipinski definition) is 3. The van der Waals surface area contributed by atoms with E-state index in [0.29, 0.717) is 5.69 Å². The zero-order valence-electron chi connectivity index (χ0n) is 10.2. The van der Waals surface area contributed by atoms with Gasteiger partial charge in [-0.3, -0.25) is 5.41 Å². The van der Waals surface area contributed by atoms with Crippen molar-refractivity contribution in [3.05, 3.63) is 59.4 Å². The Balaban J connectivity index is 2.40. The molecule has 0 aliphatic rings. The molecule has 1 unspecified atom stereocenters. The first kappa shape index (κ1) is 12.1. The maximum atomic E-state index is 7.41. The van der Waals surface area contributed by atoms with Crippen LogP contribution in [0.25, 0.3) is 0 Å². The molecule has 92 valence electrons. The van der Waals surface area contributed by atoms with E-state index in [9.17, 15) is 0 Å². The van der Waals surface area contributed by atoms with Crippen molar-refractivity contribution in [1.82, 2.24) is 4.98 Å². The van der Waals surface area contributed by atoms with Crippen LogP contribution in [-0.4, -0.2) is 10.8 Å². The monoisotopic (exact) mass is 240 g/mol. The van der Waals surface area contributed by atoms with Crippen LogP contribution in [-0.2, 0) is 0 Å². The average Bonchev–Trinajstić information content (AvgIpc) is 2.38. The summed E-state index contributed by atoms with van der Waals surface area (Å²) in [6.07, 6.45) is 0. The highest BCUT2D eigenvalue weighted by molar-refractivity contribution is 5.92. The van der Waals surface area contributed by atoms with Crippen molar-refractivity contribution < 1.29 is 0 Å². The van der Waals surface area contributed by atoms with Crippen molar-refractivity contribution in [3.63, 3.8) is 0 Å². The van der Waals surface area contributed by atoms with E-state index in [-0.39, 0.29) is 11.8 Å².